The summed E-state index contributed by atoms with van der Waals surface area (Å²) in [6, 6.07) is -0.316. The van der Waals surface area contributed by atoms with Gasteiger partial charge in [-0.1, -0.05) is 13.3 Å². The van der Waals surface area contributed by atoms with E-state index in [1.165, 1.54) is 0 Å². The van der Waals surface area contributed by atoms with Crippen molar-refractivity contribution in [1.29, 1.82) is 0 Å². The lowest BCUT2D eigenvalue weighted by atomic mass is 10.2. The standard InChI is InChI=1S/C11H22N2O2/c1-3-4-7-13-8-5-6-12(2)11(15)10(13)9-14/h10,14H,3-9H2,1-2H3. The molecule has 88 valence electrons. The van der Waals surface area contributed by atoms with Crippen LogP contribution < -0.4 is 0 Å². The third-order valence-corrected chi connectivity index (χ3v) is 3.01. The van der Waals surface area contributed by atoms with Gasteiger partial charge in [0, 0.05) is 20.1 Å². The third kappa shape index (κ3) is 3.18. The van der Waals surface area contributed by atoms with E-state index < -0.39 is 0 Å². The molecule has 1 heterocycles. The van der Waals surface area contributed by atoms with Gasteiger partial charge in [-0.05, 0) is 19.4 Å². The van der Waals surface area contributed by atoms with Crippen LogP contribution in [0.2, 0.25) is 0 Å². The minimum Gasteiger partial charge on any atom is -0.394 e. The van der Waals surface area contributed by atoms with Gasteiger partial charge in [0.05, 0.1) is 6.61 Å². The SMILES string of the molecule is CCCCN1CCCN(C)C(=O)C1CO. The summed E-state index contributed by atoms with van der Waals surface area (Å²) in [4.78, 5) is 15.7. The van der Waals surface area contributed by atoms with Crippen LogP contribution in [0.5, 0.6) is 0 Å². The maximum Gasteiger partial charge on any atom is 0.242 e. The molecule has 0 bridgehead atoms. The van der Waals surface area contributed by atoms with Crippen LogP contribution in [0.1, 0.15) is 26.2 Å². The van der Waals surface area contributed by atoms with Crippen LogP contribution in [0.4, 0.5) is 0 Å². The highest BCUT2D eigenvalue weighted by Gasteiger charge is 2.29. The lowest BCUT2D eigenvalue weighted by molar-refractivity contribution is -0.135. The molecule has 1 atom stereocenters. The molecular formula is C11H22N2O2. The van der Waals surface area contributed by atoms with Gasteiger partial charge < -0.3 is 10.0 Å². The van der Waals surface area contributed by atoms with Gasteiger partial charge in [0.1, 0.15) is 6.04 Å². The summed E-state index contributed by atoms with van der Waals surface area (Å²) < 4.78 is 0. The Labute approximate surface area is 91.9 Å². The number of aliphatic hydroxyl groups is 1. The van der Waals surface area contributed by atoms with E-state index >= 15 is 0 Å². The molecule has 15 heavy (non-hydrogen) atoms. The topological polar surface area (TPSA) is 43.8 Å². The maximum absolute atomic E-state index is 11.9. The molecule has 0 aromatic rings. The van der Waals surface area contributed by atoms with Gasteiger partial charge in [-0.15, -0.1) is 0 Å². The highest BCUT2D eigenvalue weighted by atomic mass is 16.3. The first-order valence-electron chi connectivity index (χ1n) is 5.80. The Balaban J connectivity index is 2.62. The van der Waals surface area contributed by atoms with E-state index in [1.807, 2.05) is 7.05 Å². The molecule has 1 unspecified atom stereocenters. The molecule has 1 saturated heterocycles. The minimum atomic E-state index is -0.316. The Kier molecular flexibility index (Phi) is 5.05. The molecule has 1 amide bonds. The predicted octanol–water partition coefficient (Wildman–Crippen LogP) is 0.311. The van der Waals surface area contributed by atoms with Crippen LogP contribution in [-0.2, 0) is 4.79 Å². The molecule has 0 aromatic carbocycles. The van der Waals surface area contributed by atoms with Gasteiger partial charge >= 0.3 is 0 Å². The van der Waals surface area contributed by atoms with E-state index in [9.17, 15) is 9.90 Å². The summed E-state index contributed by atoms with van der Waals surface area (Å²) in [7, 11) is 1.81. The van der Waals surface area contributed by atoms with Gasteiger partial charge in [-0.2, -0.15) is 0 Å². The molecule has 0 spiro atoms. The summed E-state index contributed by atoms with van der Waals surface area (Å²) in [5.74, 6) is 0.0612. The number of carbonyl (C=O) groups excluding carboxylic acids is 1. The monoisotopic (exact) mass is 214 g/mol. The third-order valence-electron chi connectivity index (χ3n) is 3.01. The zero-order chi connectivity index (χ0) is 11.3. The Morgan fingerprint density at radius 1 is 1.47 bits per heavy atom. The number of likely N-dealkylation sites (N-methyl/N-ethyl adjacent to an activating group) is 1. The quantitative estimate of drug-likeness (QED) is 0.732. The fourth-order valence-corrected chi connectivity index (χ4v) is 2.01. The second-order valence-electron chi connectivity index (χ2n) is 4.20. The number of hydrogen-bond donors (Lipinski definition) is 1. The summed E-state index contributed by atoms with van der Waals surface area (Å²) >= 11 is 0. The van der Waals surface area contributed by atoms with Crippen LogP contribution in [0.3, 0.4) is 0 Å². The van der Waals surface area contributed by atoms with Crippen molar-refractivity contribution in [2.24, 2.45) is 0 Å². The molecular weight excluding hydrogens is 192 g/mol. The van der Waals surface area contributed by atoms with Crippen molar-refractivity contribution >= 4 is 5.91 Å². The predicted molar refractivity (Wildman–Crippen MR) is 59.6 cm³/mol. The fourth-order valence-electron chi connectivity index (χ4n) is 2.01. The summed E-state index contributed by atoms with van der Waals surface area (Å²) in [6.07, 6.45) is 3.22. The van der Waals surface area contributed by atoms with Crippen LogP contribution >= 0.6 is 0 Å². The van der Waals surface area contributed by atoms with Crippen LogP contribution in [0.25, 0.3) is 0 Å². The maximum atomic E-state index is 11.9. The van der Waals surface area contributed by atoms with E-state index in [0.717, 1.165) is 38.9 Å². The first-order valence-corrected chi connectivity index (χ1v) is 5.80. The molecule has 0 aromatic heterocycles. The lowest BCUT2D eigenvalue weighted by Gasteiger charge is -2.27. The van der Waals surface area contributed by atoms with Crippen molar-refractivity contribution in [3.8, 4) is 0 Å². The Bertz CT molecular complexity index is 207. The lowest BCUT2D eigenvalue weighted by Crippen LogP contribution is -2.47. The number of aliphatic hydroxyl groups excluding tert-OH is 1. The van der Waals surface area contributed by atoms with E-state index in [-0.39, 0.29) is 18.6 Å². The minimum absolute atomic E-state index is 0.0612. The van der Waals surface area contributed by atoms with Crippen molar-refractivity contribution < 1.29 is 9.90 Å². The molecule has 0 aliphatic carbocycles. The first-order chi connectivity index (χ1) is 7.20. The largest absolute Gasteiger partial charge is 0.394 e. The zero-order valence-corrected chi connectivity index (χ0v) is 9.78. The molecule has 0 saturated carbocycles. The number of rotatable bonds is 4. The van der Waals surface area contributed by atoms with Crippen molar-refractivity contribution in [1.82, 2.24) is 9.80 Å². The van der Waals surface area contributed by atoms with Crippen molar-refractivity contribution in [2.45, 2.75) is 32.2 Å². The molecule has 1 N–H and O–H groups in total. The molecule has 1 aliphatic heterocycles. The highest BCUT2D eigenvalue weighted by Crippen LogP contribution is 2.11. The number of nitrogens with zero attached hydrogens (tertiary/aromatic N) is 2. The number of carbonyl (C=O) groups is 1. The highest BCUT2D eigenvalue weighted by molar-refractivity contribution is 5.82. The smallest absolute Gasteiger partial charge is 0.242 e. The van der Waals surface area contributed by atoms with Gasteiger partial charge in [0.25, 0.3) is 0 Å². The van der Waals surface area contributed by atoms with Crippen LogP contribution in [0, 0.1) is 0 Å². The van der Waals surface area contributed by atoms with E-state index in [0.29, 0.717) is 0 Å². The molecule has 4 heteroatoms. The number of unbranched alkanes of at least 4 members (excludes halogenated alkanes) is 1. The van der Waals surface area contributed by atoms with Crippen molar-refractivity contribution in [3.05, 3.63) is 0 Å². The molecule has 0 radical (unpaired) electrons. The molecule has 4 nitrogen and oxygen atoms in total. The summed E-state index contributed by atoms with van der Waals surface area (Å²) in [6.45, 7) is 4.72. The number of amides is 1. The fraction of sp³-hybridized carbons (Fsp3) is 0.909. The summed E-state index contributed by atoms with van der Waals surface area (Å²) in [5.41, 5.74) is 0. The van der Waals surface area contributed by atoms with Crippen LogP contribution in [-0.4, -0.2) is 60.1 Å². The molecule has 1 aliphatic rings. The zero-order valence-electron chi connectivity index (χ0n) is 9.78. The normalized spacial score (nSPS) is 24.3. The Hall–Kier alpha value is -0.610. The van der Waals surface area contributed by atoms with Gasteiger partial charge in [0.15, 0.2) is 0 Å². The van der Waals surface area contributed by atoms with E-state index in [2.05, 4.69) is 11.8 Å². The second kappa shape index (κ2) is 6.08. The average molecular weight is 214 g/mol. The van der Waals surface area contributed by atoms with Crippen molar-refractivity contribution in [3.63, 3.8) is 0 Å². The van der Waals surface area contributed by atoms with E-state index in [1.54, 1.807) is 4.90 Å². The first kappa shape index (κ1) is 12.5. The second-order valence-corrected chi connectivity index (χ2v) is 4.20. The van der Waals surface area contributed by atoms with Gasteiger partial charge in [-0.3, -0.25) is 9.69 Å². The molecule has 1 rings (SSSR count). The summed E-state index contributed by atoms with van der Waals surface area (Å²) in [5, 5.41) is 9.28. The molecule has 1 fully saturated rings. The van der Waals surface area contributed by atoms with E-state index in [4.69, 9.17) is 0 Å². The van der Waals surface area contributed by atoms with Crippen LogP contribution in [0.15, 0.2) is 0 Å². The van der Waals surface area contributed by atoms with Gasteiger partial charge in [-0.25, -0.2) is 0 Å². The Morgan fingerprint density at radius 3 is 2.80 bits per heavy atom. The van der Waals surface area contributed by atoms with Gasteiger partial charge in [0.2, 0.25) is 5.91 Å². The van der Waals surface area contributed by atoms with Crippen molar-refractivity contribution in [2.75, 3.05) is 33.3 Å². The average Bonchev–Trinajstić information content (AvgIpc) is 2.37. The number of hydrogen-bond acceptors (Lipinski definition) is 3. The Morgan fingerprint density at radius 2 is 2.20 bits per heavy atom.